The summed E-state index contributed by atoms with van der Waals surface area (Å²) in [5.41, 5.74) is 0. The molecule has 2 atom stereocenters. The maximum Gasteiger partial charge on any atom is 0.164 e. The van der Waals surface area contributed by atoms with Gasteiger partial charge in [0.05, 0.1) is 12.2 Å². The maximum atomic E-state index is 13.4. The van der Waals surface area contributed by atoms with Crippen LogP contribution in [0, 0.1) is 11.6 Å². The summed E-state index contributed by atoms with van der Waals surface area (Å²) < 4.78 is 38.1. The highest BCUT2D eigenvalue weighted by molar-refractivity contribution is 5.41. The van der Waals surface area contributed by atoms with Crippen LogP contribution in [-0.2, 0) is 0 Å². The smallest absolute Gasteiger partial charge is 0.164 e. The van der Waals surface area contributed by atoms with E-state index in [0.717, 1.165) is 37.8 Å². The first-order valence-electron chi connectivity index (χ1n) is 7.30. The summed E-state index contributed by atoms with van der Waals surface area (Å²) in [6.07, 6.45) is 3.51. The van der Waals surface area contributed by atoms with Crippen LogP contribution in [0.3, 0.4) is 0 Å². The average molecular weight is 286 g/mol. The van der Waals surface area contributed by atoms with Gasteiger partial charge in [0.2, 0.25) is 0 Å². The fourth-order valence-corrected chi connectivity index (χ4v) is 2.06. The van der Waals surface area contributed by atoms with Gasteiger partial charge in [0.15, 0.2) is 23.1 Å². The molecule has 0 N–H and O–H groups in total. The Labute approximate surface area is 120 Å². The lowest BCUT2D eigenvalue weighted by atomic mass is 10.2. The van der Waals surface area contributed by atoms with E-state index in [9.17, 15) is 8.78 Å². The van der Waals surface area contributed by atoms with Gasteiger partial charge in [-0.2, -0.15) is 0 Å². The standard InChI is InChI=1S/C16H24F2O2/c1-5-7-11(3)19-15-9-13(17)14(18)10-16(15)20-12(4)8-6-2/h9-12H,5-8H2,1-4H3. The third kappa shape index (κ3) is 4.99. The number of benzene rings is 1. The Morgan fingerprint density at radius 2 is 1.20 bits per heavy atom. The molecular formula is C16H24F2O2. The highest BCUT2D eigenvalue weighted by Gasteiger charge is 2.16. The summed E-state index contributed by atoms with van der Waals surface area (Å²) in [5, 5.41) is 0. The number of hydrogen-bond acceptors (Lipinski definition) is 2. The van der Waals surface area contributed by atoms with Crippen molar-refractivity contribution in [1.29, 1.82) is 0 Å². The monoisotopic (exact) mass is 286 g/mol. The topological polar surface area (TPSA) is 18.5 Å². The number of hydrogen-bond donors (Lipinski definition) is 0. The number of halogens is 2. The SMILES string of the molecule is CCCC(C)Oc1cc(F)c(F)cc1OC(C)CCC. The molecule has 2 unspecified atom stereocenters. The minimum absolute atomic E-state index is 0.0614. The zero-order valence-electron chi connectivity index (χ0n) is 12.7. The van der Waals surface area contributed by atoms with Gasteiger partial charge in [0.25, 0.3) is 0 Å². The second-order valence-corrected chi connectivity index (χ2v) is 5.15. The average Bonchev–Trinajstić information content (AvgIpc) is 2.36. The second-order valence-electron chi connectivity index (χ2n) is 5.15. The summed E-state index contributed by atoms with van der Waals surface area (Å²) in [7, 11) is 0. The van der Waals surface area contributed by atoms with E-state index in [1.165, 1.54) is 0 Å². The molecule has 1 aromatic carbocycles. The number of rotatable bonds is 8. The molecule has 1 aromatic rings. The summed E-state index contributed by atoms with van der Waals surface area (Å²) in [5.74, 6) is -1.29. The molecule has 1 rings (SSSR count). The minimum Gasteiger partial charge on any atom is -0.487 e. The first kappa shape index (κ1) is 16.7. The predicted molar refractivity (Wildman–Crippen MR) is 76.4 cm³/mol. The molecule has 0 aliphatic rings. The van der Waals surface area contributed by atoms with Crippen molar-refractivity contribution in [3.63, 3.8) is 0 Å². The van der Waals surface area contributed by atoms with E-state index in [2.05, 4.69) is 0 Å². The van der Waals surface area contributed by atoms with Crippen molar-refractivity contribution in [2.75, 3.05) is 0 Å². The van der Waals surface area contributed by atoms with Gasteiger partial charge in [-0.25, -0.2) is 8.78 Å². The van der Waals surface area contributed by atoms with Crippen molar-refractivity contribution in [3.8, 4) is 11.5 Å². The third-order valence-electron chi connectivity index (χ3n) is 3.03. The molecule has 0 amide bonds. The fourth-order valence-electron chi connectivity index (χ4n) is 2.06. The molecule has 0 saturated carbocycles. The van der Waals surface area contributed by atoms with Crippen LogP contribution in [0.1, 0.15) is 53.4 Å². The van der Waals surface area contributed by atoms with Gasteiger partial charge in [-0.05, 0) is 26.7 Å². The molecule has 20 heavy (non-hydrogen) atoms. The Kier molecular flexibility index (Phi) is 6.76. The van der Waals surface area contributed by atoms with Crippen molar-refractivity contribution in [2.45, 2.75) is 65.6 Å². The molecule has 2 nitrogen and oxygen atoms in total. The van der Waals surface area contributed by atoms with E-state index in [1.807, 2.05) is 27.7 Å². The summed E-state index contributed by atoms with van der Waals surface area (Å²) in [4.78, 5) is 0. The highest BCUT2D eigenvalue weighted by Crippen LogP contribution is 2.32. The molecule has 114 valence electrons. The van der Waals surface area contributed by atoms with E-state index < -0.39 is 11.6 Å². The molecule has 0 saturated heterocycles. The van der Waals surface area contributed by atoms with Gasteiger partial charge in [-0.3, -0.25) is 0 Å². The van der Waals surface area contributed by atoms with Crippen LogP contribution < -0.4 is 9.47 Å². The lowest BCUT2D eigenvalue weighted by molar-refractivity contribution is 0.169. The maximum absolute atomic E-state index is 13.4. The van der Waals surface area contributed by atoms with Gasteiger partial charge in [0.1, 0.15) is 0 Å². The van der Waals surface area contributed by atoms with Crippen LogP contribution in [0.15, 0.2) is 12.1 Å². The zero-order valence-corrected chi connectivity index (χ0v) is 12.7. The Bertz CT molecular complexity index is 382. The molecule has 0 fully saturated rings. The largest absolute Gasteiger partial charge is 0.487 e. The van der Waals surface area contributed by atoms with E-state index in [0.29, 0.717) is 0 Å². The summed E-state index contributed by atoms with van der Waals surface area (Å²) in [6.45, 7) is 7.91. The van der Waals surface area contributed by atoms with Crippen molar-refractivity contribution in [2.24, 2.45) is 0 Å². The van der Waals surface area contributed by atoms with Crippen LogP contribution in [0.2, 0.25) is 0 Å². The van der Waals surface area contributed by atoms with Gasteiger partial charge in [-0.15, -0.1) is 0 Å². The van der Waals surface area contributed by atoms with Crippen molar-refractivity contribution in [1.82, 2.24) is 0 Å². The molecule has 0 heterocycles. The van der Waals surface area contributed by atoms with Gasteiger partial charge in [0, 0.05) is 12.1 Å². The lowest BCUT2D eigenvalue weighted by Crippen LogP contribution is -2.15. The van der Waals surface area contributed by atoms with Crippen molar-refractivity contribution < 1.29 is 18.3 Å². The van der Waals surface area contributed by atoms with Gasteiger partial charge < -0.3 is 9.47 Å². The summed E-state index contributed by atoms with van der Waals surface area (Å²) >= 11 is 0. The van der Waals surface area contributed by atoms with E-state index >= 15 is 0 Å². The van der Waals surface area contributed by atoms with E-state index in [4.69, 9.17) is 9.47 Å². The van der Waals surface area contributed by atoms with E-state index in [1.54, 1.807) is 0 Å². The normalized spacial score (nSPS) is 13.9. The second kappa shape index (κ2) is 8.08. The van der Waals surface area contributed by atoms with E-state index in [-0.39, 0.29) is 23.7 Å². The Morgan fingerprint density at radius 1 is 0.850 bits per heavy atom. The van der Waals surface area contributed by atoms with Gasteiger partial charge in [-0.1, -0.05) is 26.7 Å². The van der Waals surface area contributed by atoms with Crippen LogP contribution in [0.25, 0.3) is 0 Å². The molecular weight excluding hydrogens is 262 g/mol. The van der Waals surface area contributed by atoms with Gasteiger partial charge >= 0.3 is 0 Å². The molecule has 0 aliphatic carbocycles. The van der Waals surface area contributed by atoms with Crippen molar-refractivity contribution in [3.05, 3.63) is 23.8 Å². The zero-order chi connectivity index (χ0) is 15.1. The molecule has 4 heteroatoms. The van der Waals surface area contributed by atoms with Crippen molar-refractivity contribution >= 4 is 0 Å². The van der Waals surface area contributed by atoms with Crippen LogP contribution in [0.4, 0.5) is 8.78 Å². The van der Waals surface area contributed by atoms with Crippen LogP contribution in [0.5, 0.6) is 11.5 Å². The Hall–Kier alpha value is -1.32. The predicted octanol–water partition coefficient (Wildman–Crippen LogP) is 5.10. The Balaban J connectivity index is 2.92. The number of ether oxygens (including phenoxy) is 2. The first-order chi connectivity index (χ1) is 9.47. The summed E-state index contributed by atoms with van der Waals surface area (Å²) in [6, 6.07) is 2.13. The van der Waals surface area contributed by atoms with Crippen LogP contribution >= 0.6 is 0 Å². The highest BCUT2D eigenvalue weighted by atomic mass is 19.2. The molecule has 0 bridgehead atoms. The third-order valence-corrected chi connectivity index (χ3v) is 3.03. The minimum atomic E-state index is -0.917. The quantitative estimate of drug-likeness (QED) is 0.662. The lowest BCUT2D eigenvalue weighted by Gasteiger charge is -2.20. The Morgan fingerprint density at radius 3 is 1.50 bits per heavy atom. The van der Waals surface area contributed by atoms with Crippen LogP contribution in [-0.4, -0.2) is 12.2 Å². The fraction of sp³-hybridized carbons (Fsp3) is 0.625. The molecule has 0 radical (unpaired) electrons. The first-order valence-corrected chi connectivity index (χ1v) is 7.30. The molecule has 0 spiro atoms. The molecule has 0 aliphatic heterocycles. The molecule has 0 aromatic heterocycles.